The molecule has 0 saturated heterocycles. The first kappa shape index (κ1) is 12.1. The van der Waals surface area contributed by atoms with Crippen LogP contribution in [0.15, 0.2) is 24.3 Å². The molecule has 2 heterocycles. The topological polar surface area (TPSA) is 29.9 Å². The average molecular weight is 271 g/mol. The molecule has 0 spiro atoms. The van der Waals surface area contributed by atoms with Gasteiger partial charge in [0.05, 0.1) is 17.4 Å². The van der Waals surface area contributed by atoms with E-state index >= 15 is 0 Å². The third kappa shape index (κ3) is 2.04. The zero-order valence-corrected chi connectivity index (χ0v) is 11.4. The summed E-state index contributed by atoms with van der Waals surface area (Å²) < 4.78 is 15.4. The first-order valence-electron chi connectivity index (χ1n) is 7.40. The van der Waals surface area contributed by atoms with Crippen LogP contribution in [0.25, 0.3) is 11.3 Å². The van der Waals surface area contributed by atoms with Crippen LogP contribution >= 0.6 is 0 Å². The molecule has 1 fully saturated rings. The van der Waals surface area contributed by atoms with E-state index in [2.05, 4.69) is 10.00 Å². The second-order valence-electron chi connectivity index (χ2n) is 5.71. The Kier molecular flexibility index (Phi) is 2.84. The van der Waals surface area contributed by atoms with Crippen molar-refractivity contribution in [3.63, 3.8) is 0 Å². The summed E-state index contributed by atoms with van der Waals surface area (Å²) in [5, 5.41) is 8.28. The molecule has 1 aliphatic carbocycles. The quantitative estimate of drug-likeness (QED) is 0.910. The molecule has 4 heteroatoms. The molecular weight excluding hydrogens is 253 g/mol. The van der Waals surface area contributed by atoms with Gasteiger partial charge >= 0.3 is 0 Å². The second-order valence-corrected chi connectivity index (χ2v) is 5.71. The van der Waals surface area contributed by atoms with Gasteiger partial charge < -0.3 is 5.32 Å². The van der Waals surface area contributed by atoms with Crippen molar-refractivity contribution in [2.45, 2.75) is 31.7 Å². The van der Waals surface area contributed by atoms with Gasteiger partial charge in [-0.3, -0.25) is 4.68 Å². The predicted molar refractivity (Wildman–Crippen MR) is 76.2 cm³/mol. The number of nitrogens with one attached hydrogen (secondary N) is 1. The van der Waals surface area contributed by atoms with Crippen LogP contribution in [0.1, 0.15) is 30.1 Å². The molecule has 1 saturated carbocycles. The van der Waals surface area contributed by atoms with Gasteiger partial charge in [0, 0.05) is 24.1 Å². The largest absolute Gasteiger partial charge is 0.316 e. The van der Waals surface area contributed by atoms with E-state index in [1.165, 1.54) is 29.8 Å². The summed E-state index contributed by atoms with van der Waals surface area (Å²) in [5.41, 5.74) is 4.88. The fourth-order valence-corrected chi connectivity index (χ4v) is 3.02. The molecule has 2 aromatic rings. The maximum absolute atomic E-state index is 13.2. The molecular formula is C16H18FN3. The minimum atomic E-state index is -0.181. The monoisotopic (exact) mass is 271 g/mol. The lowest BCUT2D eigenvalue weighted by Gasteiger charge is -2.09. The molecule has 2 aliphatic rings. The number of hydrogen-bond acceptors (Lipinski definition) is 2. The number of benzene rings is 1. The summed E-state index contributed by atoms with van der Waals surface area (Å²) in [6, 6.07) is 7.39. The minimum absolute atomic E-state index is 0.181. The zero-order chi connectivity index (χ0) is 13.5. The lowest BCUT2D eigenvalue weighted by molar-refractivity contribution is 0.621. The third-order valence-electron chi connectivity index (χ3n) is 4.19. The molecule has 0 bridgehead atoms. The van der Waals surface area contributed by atoms with E-state index in [-0.39, 0.29) is 5.82 Å². The van der Waals surface area contributed by atoms with Crippen LogP contribution in [0.5, 0.6) is 0 Å². The summed E-state index contributed by atoms with van der Waals surface area (Å²) >= 11 is 0. The number of aromatic nitrogens is 2. The number of nitrogens with zero attached hydrogens (tertiary/aromatic N) is 2. The highest BCUT2D eigenvalue weighted by Gasteiger charge is 2.30. The van der Waals surface area contributed by atoms with Gasteiger partial charge in [-0.25, -0.2) is 4.39 Å². The molecule has 104 valence electrons. The Bertz CT molecular complexity index is 626. The van der Waals surface area contributed by atoms with Crippen molar-refractivity contribution >= 4 is 0 Å². The highest BCUT2D eigenvalue weighted by molar-refractivity contribution is 5.65. The number of fused-ring (bicyclic) bond motifs is 1. The van der Waals surface area contributed by atoms with Gasteiger partial charge in [-0.2, -0.15) is 5.10 Å². The van der Waals surface area contributed by atoms with Gasteiger partial charge in [-0.15, -0.1) is 0 Å². The van der Waals surface area contributed by atoms with Crippen molar-refractivity contribution in [3.05, 3.63) is 41.3 Å². The first-order chi connectivity index (χ1) is 9.83. The third-order valence-corrected chi connectivity index (χ3v) is 4.19. The Morgan fingerprint density at radius 3 is 2.60 bits per heavy atom. The summed E-state index contributed by atoms with van der Waals surface area (Å²) in [7, 11) is 0. The molecule has 0 radical (unpaired) electrons. The molecule has 1 aromatic carbocycles. The maximum Gasteiger partial charge on any atom is 0.123 e. The van der Waals surface area contributed by atoms with Crippen molar-refractivity contribution in [2.75, 3.05) is 13.1 Å². The van der Waals surface area contributed by atoms with E-state index in [1.807, 2.05) is 12.1 Å². The number of rotatable bonds is 2. The summed E-state index contributed by atoms with van der Waals surface area (Å²) in [5.74, 6) is -0.181. The second kappa shape index (κ2) is 4.70. The fourth-order valence-electron chi connectivity index (χ4n) is 3.02. The molecule has 1 aliphatic heterocycles. The van der Waals surface area contributed by atoms with Crippen molar-refractivity contribution < 1.29 is 4.39 Å². The standard InChI is InChI=1S/C16H18FN3/c17-12-3-1-11(2-4-12)16-14-7-9-18-10-8-15(14)19-20(16)13-5-6-13/h1-4,13,18H,5-10H2. The Morgan fingerprint density at radius 1 is 1.10 bits per heavy atom. The highest BCUT2D eigenvalue weighted by Crippen LogP contribution is 2.40. The molecule has 1 N–H and O–H groups in total. The molecule has 0 unspecified atom stereocenters. The molecule has 0 amide bonds. The van der Waals surface area contributed by atoms with Crippen molar-refractivity contribution in [1.29, 1.82) is 0 Å². The van der Waals surface area contributed by atoms with Crippen LogP contribution in [-0.2, 0) is 12.8 Å². The van der Waals surface area contributed by atoms with Crippen LogP contribution < -0.4 is 5.32 Å². The van der Waals surface area contributed by atoms with Gasteiger partial charge in [0.2, 0.25) is 0 Å². The lowest BCUT2D eigenvalue weighted by Crippen LogP contribution is -2.17. The van der Waals surface area contributed by atoms with E-state index in [4.69, 9.17) is 5.10 Å². The van der Waals surface area contributed by atoms with Gasteiger partial charge in [-0.1, -0.05) is 0 Å². The summed E-state index contributed by atoms with van der Waals surface area (Å²) in [6.07, 6.45) is 4.43. The van der Waals surface area contributed by atoms with Crippen molar-refractivity contribution in [3.8, 4) is 11.3 Å². The van der Waals surface area contributed by atoms with Crippen LogP contribution in [0, 0.1) is 5.82 Å². The first-order valence-corrected chi connectivity index (χ1v) is 7.40. The number of hydrogen-bond donors (Lipinski definition) is 1. The Labute approximate surface area is 117 Å². The Hall–Kier alpha value is -1.68. The van der Waals surface area contributed by atoms with Gasteiger partial charge in [-0.05, 0) is 50.1 Å². The van der Waals surface area contributed by atoms with E-state index in [0.29, 0.717) is 6.04 Å². The minimum Gasteiger partial charge on any atom is -0.316 e. The molecule has 3 nitrogen and oxygen atoms in total. The summed E-state index contributed by atoms with van der Waals surface area (Å²) in [4.78, 5) is 0. The SMILES string of the molecule is Fc1ccc(-c2c3c(nn2C2CC2)CCNCC3)cc1. The molecule has 4 rings (SSSR count). The normalized spacial score (nSPS) is 18.6. The predicted octanol–water partition coefficient (Wildman–Crippen LogP) is 2.71. The van der Waals surface area contributed by atoms with E-state index in [1.54, 1.807) is 12.1 Å². The van der Waals surface area contributed by atoms with Crippen LogP contribution in [-0.4, -0.2) is 22.9 Å². The van der Waals surface area contributed by atoms with Crippen molar-refractivity contribution in [2.24, 2.45) is 0 Å². The lowest BCUT2D eigenvalue weighted by atomic mass is 10.0. The van der Waals surface area contributed by atoms with Crippen LogP contribution in [0.2, 0.25) is 0 Å². The van der Waals surface area contributed by atoms with Crippen LogP contribution in [0.4, 0.5) is 4.39 Å². The van der Waals surface area contributed by atoms with Crippen molar-refractivity contribution in [1.82, 2.24) is 15.1 Å². The molecule has 20 heavy (non-hydrogen) atoms. The highest BCUT2D eigenvalue weighted by atomic mass is 19.1. The van der Waals surface area contributed by atoms with E-state index in [0.717, 1.165) is 31.5 Å². The van der Waals surface area contributed by atoms with E-state index in [9.17, 15) is 4.39 Å². The van der Waals surface area contributed by atoms with Gasteiger partial charge in [0.25, 0.3) is 0 Å². The van der Waals surface area contributed by atoms with Gasteiger partial charge in [0.15, 0.2) is 0 Å². The average Bonchev–Trinajstić information content (AvgIpc) is 3.26. The molecule has 0 atom stereocenters. The summed E-state index contributed by atoms with van der Waals surface area (Å²) in [6.45, 7) is 2.00. The zero-order valence-electron chi connectivity index (χ0n) is 11.4. The molecule has 1 aromatic heterocycles. The van der Waals surface area contributed by atoms with Gasteiger partial charge in [0.1, 0.15) is 5.82 Å². The van der Waals surface area contributed by atoms with Crippen LogP contribution in [0.3, 0.4) is 0 Å². The Balaban J connectivity index is 1.87. The fraction of sp³-hybridized carbons (Fsp3) is 0.438. The number of halogens is 1. The smallest absolute Gasteiger partial charge is 0.123 e. The van der Waals surface area contributed by atoms with E-state index < -0.39 is 0 Å². The maximum atomic E-state index is 13.2. The Morgan fingerprint density at radius 2 is 1.85 bits per heavy atom.